The van der Waals surface area contributed by atoms with Crippen LogP contribution in [0.4, 0.5) is 17.1 Å². The second-order valence-corrected chi connectivity index (χ2v) is 17.1. The summed E-state index contributed by atoms with van der Waals surface area (Å²) in [5.41, 5.74) is 18.9. The molecule has 2 nitrogen and oxygen atoms in total. The largest absolute Gasteiger partial charge is 0.456 e. The highest BCUT2D eigenvalue weighted by atomic mass is 16.3. The van der Waals surface area contributed by atoms with Gasteiger partial charge in [0.2, 0.25) is 0 Å². The third-order valence-corrected chi connectivity index (χ3v) is 14.0. The van der Waals surface area contributed by atoms with E-state index in [0.29, 0.717) is 0 Å². The van der Waals surface area contributed by atoms with Crippen molar-refractivity contribution >= 4 is 39.0 Å². The van der Waals surface area contributed by atoms with Crippen molar-refractivity contribution in [2.45, 2.75) is 10.8 Å². The summed E-state index contributed by atoms with van der Waals surface area (Å²) in [5.74, 6) is 0. The van der Waals surface area contributed by atoms with Crippen molar-refractivity contribution in [2.24, 2.45) is 0 Å². The molecule has 2 aliphatic carbocycles. The van der Waals surface area contributed by atoms with Crippen LogP contribution >= 0.6 is 0 Å². The number of benzene rings is 10. The Morgan fingerprint density at radius 3 is 1.39 bits per heavy atom. The van der Waals surface area contributed by atoms with Gasteiger partial charge in [0.25, 0.3) is 0 Å². The third kappa shape index (κ3) is 4.97. The van der Waals surface area contributed by atoms with E-state index < -0.39 is 10.8 Å². The average Bonchev–Trinajstić information content (AvgIpc) is 4.01. The van der Waals surface area contributed by atoms with Gasteiger partial charge >= 0.3 is 0 Å². The number of para-hydroxylation sites is 2. The van der Waals surface area contributed by atoms with E-state index in [1.54, 1.807) is 0 Å². The van der Waals surface area contributed by atoms with Gasteiger partial charge in [-0.3, -0.25) is 0 Å². The highest BCUT2D eigenvalue weighted by Crippen LogP contribution is 2.61. The molecule has 0 saturated heterocycles. The molecule has 10 aromatic carbocycles. The predicted octanol–water partition coefficient (Wildman–Crippen LogP) is 15.8. The summed E-state index contributed by atoms with van der Waals surface area (Å²) in [6, 6.07) is 91.0. The molecule has 11 aromatic rings. The van der Waals surface area contributed by atoms with E-state index in [9.17, 15) is 0 Å². The van der Waals surface area contributed by atoms with E-state index in [-0.39, 0.29) is 0 Å². The molecule has 0 bridgehead atoms. The summed E-state index contributed by atoms with van der Waals surface area (Å²) in [5, 5.41) is 2.17. The topological polar surface area (TPSA) is 16.4 Å². The van der Waals surface area contributed by atoms with E-state index in [4.69, 9.17) is 4.42 Å². The van der Waals surface area contributed by atoms with E-state index in [0.717, 1.165) is 44.6 Å². The van der Waals surface area contributed by atoms with Gasteiger partial charge in [-0.1, -0.05) is 212 Å². The smallest absolute Gasteiger partial charge is 0.140 e. The van der Waals surface area contributed by atoms with Gasteiger partial charge in [0.1, 0.15) is 11.2 Å². The average molecular weight is 816 g/mol. The summed E-state index contributed by atoms with van der Waals surface area (Å²) in [7, 11) is 0. The minimum absolute atomic E-state index is 0.514. The van der Waals surface area contributed by atoms with Gasteiger partial charge in [-0.25, -0.2) is 0 Å². The minimum Gasteiger partial charge on any atom is -0.456 e. The van der Waals surface area contributed by atoms with Crippen LogP contribution < -0.4 is 4.90 Å². The lowest BCUT2D eigenvalue weighted by Gasteiger charge is -2.34. The van der Waals surface area contributed by atoms with Crippen molar-refractivity contribution in [2.75, 3.05) is 4.90 Å². The molecule has 0 fully saturated rings. The normalized spacial score (nSPS) is 13.9. The molecule has 13 rings (SSSR count). The fraction of sp³-hybridized carbons (Fsp3) is 0.0323. The Kier molecular flexibility index (Phi) is 8.07. The predicted molar refractivity (Wildman–Crippen MR) is 263 cm³/mol. The Hall–Kier alpha value is -8.20. The molecule has 0 amide bonds. The number of hydrogen-bond acceptors (Lipinski definition) is 2. The zero-order valence-corrected chi connectivity index (χ0v) is 35.0. The summed E-state index contributed by atoms with van der Waals surface area (Å²) >= 11 is 0. The number of anilines is 3. The first-order valence-corrected chi connectivity index (χ1v) is 22.2. The summed E-state index contributed by atoms with van der Waals surface area (Å²) < 4.78 is 7.15. The van der Waals surface area contributed by atoms with Crippen LogP contribution in [0.25, 0.3) is 44.2 Å². The summed E-state index contributed by atoms with van der Waals surface area (Å²) in [4.78, 5) is 2.44. The van der Waals surface area contributed by atoms with Gasteiger partial charge in [0, 0.05) is 33.3 Å². The first-order valence-electron chi connectivity index (χ1n) is 22.2. The van der Waals surface area contributed by atoms with Crippen molar-refractivity contribution in [3.8, 4) is 22.3 Å². The van der Waals surface area contributed by atoms with Crippen LogP contribution in [-0.4, -0.2) is 0 Å². The Labute approximate surface area is 373 Å². The molecule has 2 heteroatoms. The molecule has 0 atom stereocenters. The highest BCUT2D eigenvalue weighted by molar-refractivity contribution is 6.09. The lowest BCUT2D eigenvalue weighted by molar-refractivity contribution is 0.648. The van der Waals surface area contributed by atoms with Crippen LogP contribution in [0, 0.1) is 0 Å². The first-order chi connectivity index (χ1) is 31.8. The SMILES string of the molecule is c1ccc(N(c2ccc3oc4c(C5(c6ccccc6)c6ccccc6-c6ccccc65)cccc4c3c2)c2cccc3c2-c2ccccc2C3(c2ccccc2)c2ccccc2)cc1. The monoisotopic (exact) mass is 815 g/mol. The molecular formula is C62H41NO. The van der Waals surface area contributed by atoms with E-state index in [2.05, 4.69) is 254 Å². The van der Waals surface area contributed by atoms with Crippen LogP contribution in [0.1, 0.15) is 44.5 Å². The molecular weight excluding hydrogens is 775 g/mol. The number of hydrogen-bond donors (Lipinski definition) is 0. The lowest BCUT2D eigenvalue weighted by atomic mass is 9.67. The van der Waals surface area contributed by atoms with Gasteiger partial charge in [-0.15, -0.1) is 0 Å². The molecule has 64 heavy (non-hydrogen) atoms. The zero-order valence-electron chi connectivity index (χ0n) is 35.0. The molecule has 0 N–H and O–H groups in total. The lowest BCUT2D eigenvalue weighted by Crippen LogP contribution is -2.28. The van der Waals surface area contributed by atoms with Crippen LogP contribution in [0.3, 0.4) is 0 Å². The summed E-state index contributed by atoms with van der Waals surface area (Å²) in [6.07, 6.45) is 0. The van der Waals surface area contributed by atoms with Gasteiger partial charge in [0.05, 0.1) is 16.5 Å². The second kappa shape index (κ2) is 14.2. The fourth-order valence-corrected chi connectivity index (χ4v) is 11.6. The number of furan rings is 1. The van der Waals surface area contributed by atoms with E-state index in [1.807, 2.05) is 0 Å². The van der Waals surface area contributed by atoms with Crippen LogP contribution in [0.15, 0.2) is 253 Å². The van der Waals surface area contributed by atoms with E-state index in [1.165, 1.54) is 61.2 Å². The van der Waals surface area contributed by atoms with Crippen molar-refractivity contribution in [3.05, 3.63) is 293 Å². The number of rotatable bonds is 7. The molecule has 2 aliphatic rings. The standard InChI is InChI=1S/C62H41NO/c1-5-21-42(22-6-1)61(43-23-7-2-8-24-43)54-35-18-15-31-50(54)59-55(61)36-20-38-57(59)63(45-27-11-4-12-28-45)46-39-40-58-51(41-46)49-32-19-37-56(60(49)64-58)62(44-25-9-3-10-26-44)52-33-16-13-29-47(52)48-30-14-17-34-53(48)62/h1-41H. The highest BCUT2D eigenvalue weighted by Gasteiger charge is 2.49. The number of fused-ring (bicyclic) bond motifs is 9. The van der Waals surface area contributed by atoms with Crippen molar-refractivity contribution in [1.29, 1.82) is 0 Å². The zero-order chi connectivity index (χ0) is 42.2. The fourth-order valence-electron chi connectivity index (χ4n) is 11.6. The molecule has 300 valence electrons. The van der Waals surface area contributed by atoms with E-state index >= 15 is 0 Å². The van der Waals surface area contributed by atoms with Crippen molar-refractivity contribution < 1.29 is 4.42 Å². The Bertz CT molecular complexity index is 3470. The third-order valence-electron chi connectivity index (χ3n) is 14.0. The molecule has 0 aliphatic heterocycles. The maximum Gasteiger partial charge on any atom is 0.140 e. The molecule has 0 spiro atoms. The van der Waals surface area contributed by atoms with Gasteiger partial charge in [-0.2, -0.15) is 0 Å². The molecule has 1 heterocycles. The Balaban J connectivity index is 1.06. The van der Waals surface area contributed by atoms with Crippen LogP contribution in [0.2, 0.25) is 0 Å². The van der Waals surface area contributed by atoms with Gasteiger partial charge in [0.15, 0.2) is 0 Å². The summed E-state index contributed by atoms with van der Waals surface area (Å²) in [6.45, 7) is 0. The van der Waals surface area contributed by atoms with Gasteiger partial charge < -0.3 is 9.32 Å². The quantitative estimate of drug-likeness (QED) is 0.159. The molecule has 1 aromatic heterocycles. The number of nitrogens with zero attached hydrogens (tertiary/aromatic N) is 1. The second-order valence-electron chi connectivity index (χ2n) is 17.1. The van der Waals surface area contributed by atoms with Gasteiger partial charge in [-0.05, 0) is 92.0 Å². The van der Waals surface area contributed by atoms with Crippen molar-refractivity contribution in [3.63, 3.8) is 0 Å². The Morgan fingerprint density at radius 1 is 0.312 bits per heavy atom. The molecule has 0 unspecified atom stereocenters. The molecule has 0 radical (unpaired) electrons. The van der Waals surface area contributed by atoms with Crippen LogP contribution in [0.5, 0.6) is 0 Å². The Morgan fingerprint density at radius 2 is 0.781 bits per heavy atom. The first kappa shape index (κ1) is 36.5. The van der Waals surface area contributed by atoms with Crippen molar-refractivity contribution in [1.82, 2.24) is 0 Å². The molecule has 0 saturated carbocycles. The minimum atomic E-state index is -0.581. The maximum atomic E-state index is 7.15. The van der Waals surface area contributed by atoms with Crippen LogP contribution in [-0.2, 0) is 10.8 Å². The maximum absolute atomic E-state index is 7.15.